The third-order valence-corrected chi connectivity index (χ3v) is 4.90. The maximum Gasteiger partial charge on any atom is 0.350 e. The lowest BCUT2D eigenvalue weighted by molar-refractivity contribution is 0.0477. The summed E-state index contributed by atoms with van der Waals surface area (Å²) in [5, 5.41) is 5.14. The Morgan fingerprint density at radius 3 is 2.81 bits per heavy atom. The zero-order chi connectivity index (χ0) is 15.0. The van der Waals surface area contributed by atoms with E-state index in [1.54, 1.807) is 6.92 Å². The number of nitrogens with zero attached hydrogens (tertiary/aromatic N) is 1. The second-order valence-electron chi connectivity index (χ2n) is 4.62. The minimum atomic E-state index is -0.429. The summed E-state index contributed by atoms with van der Waals surface area (Å²) in [6.45, 7) is 3.73. The molecule has 21 heavy (non-hydrogen) atoms. The average Bonchev–Trinajstić information content (AvgIpc) is 2.98. The van der Waals surface area contributed by atoms with Gasteiger partial charge in [-0.25, -0.2) is 4.79 Å². The summed E-state index contributed by atoms with van der Waals surface area (Å²) >= 11 is 7.59. The van der Waals surface area contributed by atoms with Gasteiger partial charge < -0.3 is 9.26 Å². The van der Waals surface area contributed by atoms with E-state index in [0.717, 1.165) is 21.3 Å². The Balaban J connectivity index is 1.83. The highest BCUT2D eigenvalue weighted by Gasteiger charge is 2.19. The molecular formula is C15H12ClNO3S. The van der Waals surface area contributed by atoms with Crippen LogP contribution in [0.3, 0.4) is 0 Å². The van der Waals surface area contributed by atoms with Gasteiger partial charge in [0.05, 0.1) is 16.3 Å². The Bertz CT molecular complexity index is 802. The number of ether oxygens (including phenoxy) is 1. The van der Waals surface area contributed by atoms with E-state index in [2.05, 4.69) is 5.16 Å². The number of rotatable bonds is 3. The molecule has 0 atom stereocenters. The number of benzene rings is 1. The summed E-state index contributed by atoms with van der Waals surface area (Å²) < 4.78 is 11.3. The lowest BCUT2D eigenvalue weighted by Gasteiger charge is -2.03. The van der Waals surface area contributed by atoms with Crippen LogP contribution >= 0.6 is 22.9 Å². The van der Waals surface area contributed by atoms with Crippen LogP contribution in [0.5, 0.6) is 0 Å². The van der Waals surface area contributed by atoms with Gasteiger partial charge in [0.15, 0.2) is 0 Å². The molecule has 0 radical (unpaired) electrons. The van der Waals surface area contributed by atoms with Gasteiger partial charge in [-0.15, -0.1) is 11.3 Å². The molecule has 0 fully saturated rings. The minimum absolute atomic E-state index is 0.130. The first kappa shape index (κ1) is 14.1. The Kier molecular flexibility index (Phi) is 3.69. The number of hydrogen-bond donors (Lipinski definition) is 0. The molecule has 0 aliphatic carbocycles. The molecule has 3 rings (SSSR count). The number of aryl methyl sites for hydroxylation is 2. The van der Waals surface area contributed by atoms with Gasteiger partial charge in [-0.1, -0.05) is 35.0 Å². The summed E-state index contributed by atoms with van der Waals surface area (Å²) in [4.78, 5) is 12.6. The van der Waals surface area contributed by atoms with Crippen LogP contribution in [-0.2, 0) is 11.3 Å². The van der Waals surface area contributed by atoms with Crippen molar-refractivity contribution in [2.75, 3.05) is 0 Å². The summed E-state index contributed by atoms with van der Waals surface area (Å²) in [7, 11) is 0. The molecule has 108 valence electrons. The first-order chi connectivity index (χ1) is 10.1. The molecule has 1 aromatic carbocycles. The molecule has 4 nitrogen and oxygen atoms in total. The fourth-order valence-electron chi connectivity index (χ4n) is 2.06. The highest BCUT2D eigenvalue weighted by Crippen LogP contribution is 2.35. The second-order valence-corrected chi connectivity index (χ2v) is 6.05. The zero-order valence-electron chi connectivity index (χ0n) is 11.5. The summed E-state index contributed by atoms with van der Waals surface area (Å²) in [6.07, 6.45) is 0. The van der Waals surface area contributed by atoms with Crippen molar-refractivity contribution in [1.29, 1.82) is 0 Å². The molecule has 0 bridgehead atoms. The summed E-state index contributed by atoms with van der Waals surface area (Å²) in [5.41, 5.74) is 1.52. The number of thiophene rings is 1. The summed E-state index contributed by atoms with van der Waals surface area (Å²) in [5.74, 6) is 0.226. The first-order valence-electron chi connectivity index (χ1n) is 6.34. The average molecular weight is 322 g/mol. The van der Waals surface area contributed by atoms with Gasteiger partial charge in [0, 0.05) is 10.1 Å². The SMILES string of the molecule is Cc1noc(C)c1COC(=O)c1sc2ccccc2c1Cl. The smallest absolute Gasteiger partial charge is 0.350 e. The monoisotopic (exact) mass is 321 g/mol. The van der Waals surface area contributed by atoms with Crippen LogP contribution < -0.4 is 0 Å². The van der Waals surface area contributed by atoms with Crippen molar-refractivity contribution in [1.82, 2.24) is 5.16 Å². The minimum Gasteiger partial charge on any atom is -0.456 e. The highest BCUT2D eigenvalue weighted by atomic mass is 35.5. The Morgan fingerprint density at radius 1 is 1.38 bits per heavy atom. The number of halogens is 1. The molecule has 0 aliphatic heterocycles. The maximum atomic E-state index is 12.2. The van der Waals surface area contributed by atoms with Crippen molar-refractivity contribution in [2.24, 2.45) is 0 Å². The van der Waals surface area contributed by atoms with Crippen LogP contribution in [0.4, 0.5) is 0 Å². The molecule has 2 aromatic heterocycles. The number of esters is 1. The number of hydrogen-bond acceptors (Lipinski definition) is 5. The number of carbonyl (C=O) groups excluding carboxylic acids is 1. The quantitative estimate of drug-likeness (QED) is 0.666. The third kappa shape index (κ3) is 2.54. The van der Waals surface area contributed by atoms with Crippen LogP contribution in [0.25, 0.3) is 10.1 Å². The lowest BCUT2D eigenvalue weighted by atomic mass is 10.2. The van der Waals surface area contributed by atoms with E-state index in [9.17, 15) is 4.79 Å². The number of carbonyl (C=O) groups is 1. The Labute approximate surface area is 130 Å². The predicted molar refractivity (Wildman–Crippen MR) is 81.9 cm³/mol. The zero-order valence-corrected chi connectivity index (χ0v) is 13.0. The van der Waals surface area contributed by atoms with Crippen LogP contribution in [0, 0.1) is 13.8 Å². The van der Waals surface area contributed by atoms with Crippen molar-refractivity contribution in [3.63, 3.8) is 0 Å². The Morgan fingerprint density at radius 2 is 2.14 bits per heavy atom. The summed E-state index contributed by atoms with van der Waals surface area (Å²) in [6, 6.07) is 7.62. The van der Waals surface area contributed by atoms with E-state index < -0.39 is 5.97 Å². The van der Waals surface area contributed by atoms with Crippen molar-refractivity contribution in [3.05, 3.63) is 51.2 Å². The molecule has 2 heterocycles. The molecular weight excluding hydrogens is 310 g/mol. The fraction of sp³-hybridized carbons (Fsp3) is 0.200. The molecule has 0 spiro atoms. The normalized spacial score (nSPS) is 11.0. The van der Waals surface area contributed by atoms with E-state index in [1.165, 1.54) is 11.3 Å². The largest absolute Gasteiger partial charge is 0.456 e. The van der Waals surface area contributed by atoms with Crippen LogP contribution in [0.15, 0.2) is 28.8 Å². The third-order valence-electron chi connectivity index (χ3n) is 3.25. The maximum absolute atomic E-state index is 12.2. The van der Waals surface area contributed by atoms with Gasteiger partial charge in [-0.05, 0) is 19.9 Å². The van der Waals surface area contributed by atoms with Crippen LogP contribution in [-0.4, -0.2) is 11.1 Å². The predicted octanol–water partition coefficient (Wildman–Crippen LogP) is 4.52. The van der Waals surface area contributed by atoms with E-state index in [-0.39, 0.29) is 6.61 Å². The van der Waals surface area contributed by atoms with E-state index in [4.69, 9.17) is 20.9 Å². The van der Waals surface area contributed by atoms with E-state index in [1.807, 2.05) is 31.2 Å². The number of aromatic nitrogens is 1. The topological polar surface area (TPSA) is 52.3 Å². The van der Waals surface area contributed by atoms with Gasteiger partial charge in [-0.2, -0.15) is 0 Å². The second kappa shape index (κ2) is 5.50. The molecule has 3 aromatic rings. The van der Waals surface area contributed by atoms with E-state index >= 15 is 0 Å². The Hall–Kier alpha value is -1.85. The van der Waals surface area contributed by atoms with Gasteiger partial charge in [0.2, 0.25) is 0 Å². The molecule has 0 saturated heterocycles. The molecule has 0 N–H and O–H groups in total. The van der Waals surface area contributed by atoms with Crippen molar-refractivity contribution < 1.29 is 14.1 Å². The lowest BCUT2D eigenvalue weighted by Crippen LogP contribution is -2.04. The number of fused-ring (bicyclic) bond motifs is 1. The van der Waals surface area contributed by atoms with Crippen molar-refractivity contribution in [3.8, 4) is 0 Å². The molecule has 6 heteroatoms. The highest BCUT2D eigenvalue weighted by molar-refractivity contribution is 7.21. The van der Waals surface area contributed by atoms with Gasteiger partial charge in [-0.3, -0.25) is 0 Å². The van der Waals surface area contributed by atoms with Gasteiger partial charge in [0.1, 0.15) is 17.2 Å². The van der Waals surface area contributed by atoms with Gasteiger partial charge in [0.25, 0.3) is 0 Å². The first-order valence-corrected chi connectivity index (χ1v) is 7.53. The van der Waals surface area contributed by atoms with Gasteiger partial charge >= 0.3 is 5.97 Å². The molecule has 0 amide bonds. The van der Waals surface area contributed by atoms with Crippen LogP contribution in [0.2, 0.25) is 5.02 Å². The van der Waals surface area contributed by atoms with Crippen LogP contribution in [0.1, 0.15) is 26.7 Å². The van der Waals surface area contributed by atoms with E-state index in [0.29, 0.717) is 15.7 Å². The molecule has 0 saturated carbocycles. The molecule has 0 unspecified atom stereocenters. The van der Waals surface area contributed by atoms with Crippen molar-refractivity contribution >= 4 is 39.0 Å². The fourth-order valence-corrected chi connectivity index (χ4v) is 3.46. The molecule has 0 aliphatic rings. The van der Waals surface area contributed by atoms with Crippen molar-refractivity contribution in [2.45, 2.75) is 20.5 Å². The standard InChI is InChI=1S/C15H12ClNO3S/c1-8-11(9(2)20-17-8)7-19-15(18)14-13(16)10-5-3-4-6-12(10)21-14/h3-6H,7H2,1-2H3.